The van der Waals surface area contributed by atoms with Gasteiger partial charge in [0.25, 0.3) is 11.7 Å². The molecule has 6 nitrogen and oxygen atoms in total. The van der Waals surface area contributed by atoms with Gasteiger partial charge in [-0.05, 0) is 31.9 Å². The fraction of sp³-hybridized carbons (Fsp3) is 0.444. The second-order valence-corrected chi connectivity index (χ2v) is 7.02. The molecule has 2 heterocycles. The van der Waals surface area contributed by atoms with E-state index in [9.17, 15) is 4.79 Å². The van der Waals surface area contributed by atoms with Crippen molar-refractivity contribution in [1.82, 2.24) is 9.78 Å². The minimum atomic E-state index is -0.521. The van der Waals surface area contributed by atoms with E-state index in [0.29, 0.717) is 27.8 Å². The average Bonchev–Trinajstić information content (AvgIpc) is 3.04. The third-order valence-corrected chi connectivity index (χ3v) is 5.22. The van der Waals surface area contributed by atoms with Gasteiger partial charge in [0, 0.05) is 31.6 Å². The molecule has 4 rings (SSSR count). The maximum atomic E-state index is 12.5. The molecule has 0 radical (unpaired) electrons. The van der Waals surface area contributed by atoms with Gasteiger partial charge in [0.05, 0.1) is 11.3 Å². The fourth-order valence-corrected chi connectivity index (χ4v) is 3.81. The molecule has 1 fully saturated rings. The van der Waals surface area contributed by atoms with Gasteiger partial charge < -0.3 is 14.8 Å². The van der Waals surface area contributed by atoms with Gasteiger partial charge in [-0.15, -0.1) is 0 Å². The zero-order valence-electron chi connectivity index (χ0n) is 14.3. The third kappa shape index (κ3) is 2.84. The lowest BCUT2D eigenvalue weighted by Gasteiger charge is -2.31. The predicted octanol–water partition coefficient (Wildman–Crippen LogP) is 4.07. The van der Waals surface area contributed by atoms with Crippen molar-refractivity contribution >= 4 is 23.2 Å². The molecule has 1 aromatic heterocycles. The summed E-state index contributed by atoms with van der Waals surface area (Å²) in [6.45, 7) is 1.76. The van der Waals surface area contributed by atoms with E-state index in [1.54, 1.807) is 20.0 Å². The Hall–Kier alpha value is -2.21. The Labute approximate surface area is 151 Å². The molecule has 1 aliphatic carbocycles. The van der Waals surface area contributed by atoms with Gasteiger partial charge in [-0.25, -0.2) is 0 Å². The predicted molar refractivity (Wildman–Crippen MR) is 94.4 cm³/mol. The summed E-state index contributed by atoms with van der Waals surface area (Å²) in [6.07, 6.45) is 5.23. The number of carbonyl (C=O) groups is 1. The number of aryl methyl sites for hydroxylation is 2. The number of benzene rings is 1. The van der Waals surface area contributed by atoms with Crippen molar-refractivity contribution in [2.24, 2.45) is 7.05 Å². The van der Waals surface area contributed by atoms with Gasteiger partial charge >= 0.3 is 0 Å². The maximum absolute atomic E-state index is 12.5. The van der Waals surface area contributed by atoms with Crippen LogP contribution in [-0.2, 0) is 7.05 Å². The minimum absolute atomic E-state index is 0.290. The van der Waals surface area contributed by atoms with Crippen LogP contribution in [0.5, 0.6) is 11.5 Å². The molecule has 1 saturated carbocycles. The van der Waals surface area contributed by atoms with Gasteiger partial charge in [-0.1, -0.05) is 18.0 Å². The van der Waals surface area contributed by atoms with E-state index in [1.165, 1.54) is 11.1 Å². The third-order valence-electron chi connectivity index (χ3n) is 4.79. The monoisotopic (exact) mass is 361 g/mol. The van der Waals surface area contributed by atoms with Crippen LogP contribution in [0.4, 0.5) is 5.69 Å². The highest BCUT2D eigenvalue weighted by Gasteiger charge is 2.42. The molecule has 2 aliphatic rings. The van der Waals surface area contributed by atoms with Crippen LogP contribution < -0.4 is 14.8 Å². The molecule has 2 aromatic rings. The summed E-state index contributed by atoms with van der Waals surface area (Å²) in [7, 11) is 1.70. The van der Waals surface area contributed by atoms with Crippen molar-refractivity contribution in [2.45, 2.75) is 44.8 Å². The first kappa shape index (κ1) is 16.3. The zero-order chi connectivity index (χ0) is 17.6. The van der Waals surface area contributed by atoms with E-state index in [1.807, 2.05) is 12.1 Å². The molecule has 7 heteroatoms. The van der Waals surface area contributed by atoms with E-state index in [4.69, 9.17) is 21.1 Å². The maximum Gasteiger partial charge on any atom is 0.260 e. The molecule has 25 heavy (non-hydrogen) atoms. The number of aromatic nitrogens is 2. The lowest BCUT2D eigenvalue weighted by molar-refractivity contribution is -0.105. The number of amides is 1. The van der Waals surface area contributed by atoms with Crippen molar-refractivity contribution in [3.05, 3.63) is 34.6 Å². The van der Waals surface area contributed by atoms with Gasteiger partial charge in [0.1, 0.15) is 5.15 Å². The summed E-state index contributed by atoms with van der Waals surface area (Å²) in [5.74, 6) is 0.595. The minimum Gasteiger partial charge on any atom is -0.448 e. The number of halogens is 1. The Kier molecular flexibility index (Phi) is 3.87. The number of anilines is 1. The van der Waals surface area contributed by atoms with Crippen LogP contribution in [0.25, 0.3) is 0 Å². The van der Waals surface area contributed by atoms with Crippen LogP contribution in [0, 0.1) is 6.92 Å². The number of fused-ring (bicyclic) bond motifs is 1. The highest BCUT2D eigenvalue weighted by atomic mass is 35.5. The van der Waals surface area contributed by atoms with Crippen molar-refractivity contribution in [3.63, 3.8) is 0 Å². The number of hydrogen-bond donors (Lipinski definition) is 1. The molecule has 1 aromatic carbocycles. The van der Waals surface area contributed by atoms with Crippen molar-refractivity contribution < 1.29 is 14.3 Å². The van der Waals surface area contributed by atoms with Crippen LogP contribution >= 0.6 is 11.6 Å². The van der Waals surface area contributed by atoms with Crippen molar-refractivity contribution in [2.75, 3.05) is 5.32 Å². The second kappa shape index (κ2) is 5.95. The summed E-state index contributed by atoms with van der Waals surface area (Å²) in [6, 6.07) is 5.45. The van der Waals surface area contributed by atoms with Gasteiger partial charge in [-0.2, -0.15) is 5.10 Å². The molecule has 0 unspecified atom stereocenters. The summed E-state index contributed by atoms with van der Waals surface area (Å²) in [5, 5.41) is 7.35. The average molecular weight is 362 g/mol. The Balaban J connectivity index is 1.54. The number of carbonyl (C=O) groups excluding carboxylic acids is 1. The van der Waals surface area contributed by atoms with Gasteiger partial charge in [0.15, 0.2) is 11.5 Å². The van der Waals surface area contributed by atoms with E-state index in [0.717, 1.165) is 31.4 Å². The van der Waals surface area contributed by atoms with E-state index < -0.39 is 5.79 Å². The van der Waals surface area contributed by atoms with Gasteiger partial charge in [0.2, 0.25) is 0 Å². The molecular formula is C18H20ClN3O3. The SMILES string of the molecule is Cc1nn(C)c(Cl)c1C(=O)Nc1ccc2c(c1)OC1(CCCCC1)O2. The summed E-state index contributed by atoms with van der Waals surface area (Å²) in [4.78, 5) is 12.5. The number of rotatable bonds is 2. The highest BCUT2D eigenvalue weighted by Crippen LogP contribution is 2.46. The van der Waals surface area contributed by atoms with E-state index in [2.05, 4.69) is 10.4 Å². The lowest BCUT2D eigenvalue weighted by Crippen LogP contribution is -2.40. The number of hydrogen-bond acceptors (Lipinski definition) is 4. The molecule has 0 bridgehead atoms. The molecule has 1 aliphatic heterocycles. The molecule has 0 atom stereocenters. The van der Waals surface area contributed by atoms with Crippen LogP contribution in [0.15, 0.2) is 18.2 Å². The lowest BCUT2D eigenvalue weighted by atomic mass is 9.94. The Morgan fingerprint density at radius 2 is 1.96 bits per heavy atom. The topological polar surface area (TPSA) is 65.4 Å². The first-order valence-electron chi connectivity index (χ1n) is 8.50. The molecular weight excluding hydrogens is 342 g/mol. The first-order chi connectivity index (χ1) is 12.0. The largest absolute Gasteiger partial charge is 0.448 e. The molecule has 132 valence electrons. The van der Waals surface area contributed by atoms with Gasteiger partial charge in [-0.3, -0.25) is 9.48 Å². The Morgan fingerprint density at radius 1 is 1.24 bits per heavy atom. The molecule has 0 saturated heterocycles. The molecule has 1 amide bonds. The Morgan fingerprint density at radius 3 is 2.64 bits per heavy atom. The van der Waals surface area contributed by atoms with Crippen molar-refractivity contribution in [3.8, 4) is 11.5 Å². The number of nitrogens with zero attached hydrogens (tertiary/aromatic N) is 2. The highest BCUT2D eigenvalue weighted by molar-refractivity contribution is 6.33. The summed E-state index contributed by atoms with van der Waals surface area (Å²) < 4.78 is 13.6. The smallest absolute Gasteiger partial charge is 0.260 e. The van der Waals surface area contributed by atoms with Crippen LogP contribution in [-0.4, -0.2) is 21.5 Å². The fourth-order valence-electron chi connectivity index (χ4n) is 3.55. The first-order valence-corrected chi connectivity index (χ1v) is 8.88. The zero-order valence-corrected chi connectivity index (χ0v) is 15.0. The van der Waals surface area contributed by atoms with Crippen LogP contribution in [0.3, 0.4) is 0 Å². The Bertz CT molecular complexity index is 840. The molecule has 1 N–H and O–H groups in total. The number of ether oxygens (including phenoxy) is 2. The second-order valence-electron chi connectivity index (χ2n) is 6.67. The normalized spacial score (nSPS) is 17.7. The summed E-state index contributed by atoms with van der Waals surface area (Å²) >= 11 is 6.16. The number of nitrogens with one attached hydrogen (secondary N) is 1. The molecule has 1 spiro atoms. The van der Waals surface area contributed by atoms with Crippen molar-refractivity contribution in [1.29, 1.82) is 0 Å². The van der Waals surface area contributed by atoms with Crippen LogP contribution in [0.2, 0.25) is 5.15 Å². The van der Waals surface area contributed by atoms with E-state index >= 15 is 0 Å². The summed E-state index contributed by atoms with van der Waals surface area (Å²) in [5.41, 5.74) is 1.61. The van der Waals surface area contributed by atoms with E-state index in [-0.39, 0.29) is 5.91 Å². The quantitative estimate of drug-likeness (QED) is 0.875. The standard InChI is InChI=1S/C18H20ClN3O3/c1-11-15(16(19)22(2)21-11)17(23)20-12-6-7-13-14(10-12)25-18(24-13)8-4-3-5-9-18/h6-7,10H,3-5,8-9H2,1-2H3,(H,20,23). The van der Waals surface area contributed by atoms with Crippen LogP contribution in [0.1, 0.15) is 48.2 Å².